The fourth-order valence-corrected chi connectivity index (χ4v) is 2.53. The van der Waals surface area contributed by atoms with Gasteiger partial charge in [0.15, 0.2) is 23.2 Å². The van der Waals surface area contributed by atoms with Gasteiger partial charge in [-0.3, -0.25) is 9.78 Å². The predicted molar refractivity (Wildman–Crippen MR) is 73.1 cm³/mol. The number of carbonyl (C=O) groups is 1. The van der Waals surface area contributed by atoms with E-state index in [4.69, 9.17) is 5.11 Å². The van der Waals surface area contributed by atoms with Crippen LogP contribution in [0.1, 0.15) is 35.3 Å². The molecule has 2 aromatic rings. The van der Waals surface area contributed by atoms with Crippen LogP contribution in [0.4, 0.5) is 8.78 Å². The third-order valence-electron chi connectivity index (χ3n) is 3.65. The number of rotatable bonds is 1. The number of nitrogens with zero attached hydrogens (tertiary/aromatic N) is 1. The van der Waals surface area contributed by atoms with E-state index in [0.717, 1.165) is 25.0 Å². The van der Waals surface area contributed by atoms with E-state index in [2.05, 4.69) is 4.98 Å². The first-order chi connectivity index (χ1) is 10.1. The van der Waals surface area contributed by atoms with Crippen molar-refractivity contribution >= 4 is 5.78 Å². The van der Waals surface area contributed by atoms with Gasteiger partial charge in [0, 0.05) is 17.5 Å². The quantitative estimate of drug-likeness (QED) is 0.815. The molecule has 3 nitrogen and oxygen atoms in total. The van der Waals surface area contributed by atoms with Crippen LogP contribution >= 0.6 is 0 Å². The van der Waals surface area contributed by atoms with Crippen molar-refractivity contribution in [3.8, 4) is 17.0 Å². The maximum absolute atomic E-state index is 13.4. The molecular formula is C16H13F2NO2. The molecule has 1 aromatic heterocycles. The van der Waals surface area contributed by atoms with Crippen molar-refractivity contribution in [1.29, 1.82) is 0 Å². The van der Waals surface area contributed by atoms with Crippen molar-refractivity contribution in [2.75, 3.05) is 0 Å². The van der Waals surface area contributed by atoms with Gasteiger partial charge in [-0.05, 0) is 43.5 Å². The van der Waals surface area contributed by atoms with Gasteiger partial charge in [0.05, 0.1) is 11.4 Å². The first-order valence-electron chi connectivity index (χ1n) is 6.78. The van der Waals surface area contributed by atoms with E-state index in [0.29, 0.717) is 29.8 Å². The Morgan fingerprint density at radius 1 is 1.05 bits per heavy atom. The number of carbonyl (C=O) groups excluding carboxylic acids is 1. The second-order valence-corrected chi connectivity index (χ2v) is 5.11. The summed E-state index contributed by atoms with van der Waals surface area (Å²) in [7, 11) is 0. The van der Waals surface area contributed by atoms with E-state index in [1.165, 1.54) is 0 Å². The zero-order chi connectivity index (χ0) is 15.0. The highest BCUT2D eigenvalue weighted by Crippen LogP contribution is 2.28. The molecule has 1 N–H and O–H groups in total. The van der Waals surface area contributed by atoms with Gasteiger partial charge in [-0.2, -0.15) is 0 Å². The van der Waals surface area contributed by atoms with Gasteiger partial charge < -0.3 is 5.11 Å². The summed E-state index contributed by atoms with van der Waals surface area (Å²) in [5, 5.41) is 9.13. The Bertz CT molecular complexity index is 705. The van der Waals surface area contributed by atoms with E-state index in [-0.39, 0.29) is 11.3 Å². The minimum absolute atomic E-state index is 0.0598. The molecule has 0 amide bonds. The highest BCUT2D eigenvalue weighted by molar-refractivity contribution is 5.97. The van der Waals surface area contributed by atoms with Crippen molar-refractivity contribution in [2.45, 2.75) is 25.7 Å². The van der Waals surface area contributed by atoms with Gasteiger partial charge in [-0.1, -0.05) is 0 Å². The Kier molecular flexibility index (Phi) is 3.41. The molecule has 0 fully saturated rings. The van der Waals surface area contributed by atoms with Gasteiger partial charge in [-0.15, -0.1) is 0 Å². The number of aromatic hydroxyl groups is 1. The molecule has 5 heteroatoms. The van der Waals surface area contributed by atoms with E-state index in [1.54, 1.807) is 12.1 Å². The summed E-state index contributed by atoms with van der Waals surface area (Å²) in [5.74, 6) is -3.00. The van der Waals surface area contributed by atoms with Crippen molar-refractivity contribution in [1.82, 2.24) is 4.98 Å². The molecular weight excluding hydrogens is 276 g/mol. The van der Waals surface area contributed by atoms with Crippen molar-refractivity contribution in [3.05, 3.63) is 47.2 Å². The van der Waals surface area contributed by atoms with Crippen LogP contribution in [0.15, 0.2) is 24.3 Å². The summed E-state index contributed by atoms with van der Waals surface area (Å²) in [5.41, 5.74) is 1.89. The largest absolute Gasteiger partial charge is 0.503 e. The summed E-state index contributed by atoms with van der Waals surface area (Å²) in [4.78, 5) is 16.3. The molecule has 1 aliphatic rings. The molecule has 0 aliphatic heterocycles. The average Bonchev–Trinajstić information content (AvgIpc) is 2.66. The van der Waals surface area contributed by atoms with E-state index >= 15 is 0 Å². The first-order valence-corrected chi connectivity index (χ1v) is 6.78. The highest BCUT2D eigenvalue weighted by atomic mass is 19.1. The molecule has 0 spiro atoms. The minimum atomic E-state index is -1.03. The Hall–Kier alpha value is -2.30. The molecule has 1 aromatic carbocycles. The number of phenols is 1. The van der Waals surface area contributed by atoms with Crippen LogP contribution in [0.25, 0.3) is 11.3 Å². The average molecular weight is 289 g/mol. The first kappa shape index (κ1) is 13.7. The minimum Gasteiger partial charge on any atom is -0.503 e. The van der Waals surface area contributed by atoms with Gasteiger partial charge in [-0.25, -0.2) is 8.78 Å². The third-order valence-corrected chi connectivity index (χ3v) is 3.65. The van der Waals surface area contributed by atoms with Crippen molar-refractivity contribution in [2.24, 2.45) is 0 Å². The number of hydrogen-bond donors (Lipinski definition) is 1. The zero-order valence-electron chi connectivity index (χ0n) is 11.2. The summed E-state index contributed by atoms with van der Waals surface area (Å²) in [6.07, 6.45) is 2.88. The van der Waals surface area contributed by atoms with Crippen LogP contribution in [0.3, 0.4) is 0 Å². The Morgan fingerprint density at radius 2 is 1.71 bits per heavy atom. The van der Waals surface area contributed by atoms with Crippen LogP contribution in [-0.2, 0) is 6.42 Å². The predicted octanol–water partition coefficient (Wildman–Crippen LogP) is 3.64. The maximum atomic E-state index is 13.4. The lowest BCUT2D eigenvalue weighted by atomic mass is 10.0. The second-order valence-electron chi connectivity index (χ2n) is 5.11. The Balaban J connectivity index is 2.08. The van der Waals surface area contributed by atoms with Crippen LogP contribution in [0, 0.1) is 11.6 Å². The molecule has 0 saturated heterocycles. The van der Waals surface area contributed by atoms with E-state index in [9.17, 15) is 13.6 Å². The summed E-state index contributed by atoms with van der Waals surface area (Å²) in [6.45, 7) is 0. The molecule has 3 rings (SSSR count). The Morgan fingerprint density at radius 3 is 2.43 bits per heavy atom. The highest BCUT2D eigenvalue weighted by Gasteiger charge is 2.18. The molecule has 1 aliphatic carbocycles. The molecule has 21 heavy (non-hydrogen) atoms. The van der Waals surface area contributed by atoms with Gasteiger partial charge >= 0.3 is 0 Å². The standard InChI is InChI=1S/C16H13F2NO2/c17-11-7-9(8-12(18)16(11)21)13-6-5-10-14(19-13)3-1-2-4-15(10)20/h5-8,21H,1-4H2. The lowest BCUT2D eigenvalue weighted by molar-refractivity contribution is 0.0981. The summed E-state index contributed by atoms with van der Waals surface area (Å²) >= 11 is 0. The van der Waals surface area contributed by atoms with Gasteiger partial charge in [0.1, 0.15) is 0 Å². The van der Waals surface area contributed by atoms with Crippen LogP contribution in [0.2, 0.25) is 0 Å². The number of benzene rings is 1. The van der Waals surface area contributed by atoms with Gasteiger partial charge in [0.25, 0.3) is 0 Å². The number of phenolic OH excluding ortho intramolecular Hbond substituents is 1. The molecule has 0 radical (unpaired) electrons. The molecule has 0 unspecified atom stereocenters. The fourth-order valence-electron chi connectivity index (χ4n) is 2.53. The monoisotopic (exact) mass is 289 g/mol. The zero-order valence-corrected chi connectivity index (χ0v) is 11.2. The van der Waals surface area contributed by atoms with E-state index < -0.39 is 17.4 Å². The Labute approximate surface area is 120 Å². The number of fused-ring (bicyclic) bond motifs is 1. The lowest BCUT2D eigenvalue weighted by Crippen LogP contribution is -2.03. The van der Waals surface area contributed by atoms with Crippen molar-refractivity contribution < 1.29 is 18.7 Å². The SMILES string of the molecule is O=C1CCCCc2nc(-c3cc(F)c(O)c(F)c3)ccc21. The number of halogens is 2. The van der Waals surface area contributed by atoms with E-state index in [1.807, 2.05) is 0 Å². The smallest absolute Gasteiger partial charge is 0.187 e. The summed E-state index contributed by atoms with van der Waals surface area (Å²) in [6, 6.07) is 5.30. The normalized spacial score (nSPS) is 14.7. The number of aryl methyl sites for hydroxylation is 1. The number of hydrogen-bond acceptors (Lipinski definition) is 3. The molecule has 0 bridgehead atoms. The number of Topliss-reactive ketones (excluding diaryl/α,β-unsaturated/α-hetero) is 1. The fraction of sp³-hybridized carbons (Fsp3) is 0.250. The number of pyridine rings is 1. The summed E-state index contributed by atoms with van der Waals surface area (Å²) < 4.78 is 26.8. The topological polar surface area (TPSA) is 50.2 Å². The van der Waals surface area contributed by atoms with Crippen molar-refractivity contribution in [3.63, 3.8) is 0 Å². The number of aromatic nitrogens is 1. The van der Waals surface area contributed by atoms with Gasteiger partial charge in [0.2, 0.25) is 0 Å². The van der Waals surface area contributed by atoms with Crippen LogP contribution in [0.5, 0.6) is 5.75 Å². The molecule has 108 valence electrons. The third kappa shape index (κ3) is 2.51. The maximum Gasteiger partial charge on any atom is 0.187 e. The van der Waals surface area contributed by atoms with Crippen LogP contribution in [-0.4, -0.2) is 15.9 Å². The van der Waals surface area contributed by atoms with Crippen LogP contribution < -0.4 is 0 Å². The second kappa shape index (κ2) is 5.24. The molecule has 1 heterocycles. The molecule has 0 saturated carbocycles. The number of ketones is 1. The molecule has 0 atom stereocenters. The lowest BCUT2D eigenvalue weighted by Gasteiger charge is -2.08.